The molecule has 4 nitrogen and oxygen atoms in total. The molecule has 0 saturated heterocycles. The fourth-order valence-electron chi connectivity index (χ4n) is 3.49. The first-order chi connectivity index (χ1) is 10.5. The highest BCUT2D eigenvalue weighted by molar-refractivity contribution is 5.95. The third-order valence-corrected chi connectivity index (χ3v) is 4.45. The molecule has 1 N–H and O–H groups in total. The van der Waals surface area contributed by atoms with Gasteiger partial charge in [-0.3, -0.25) is 4.79 Å². The molecule has 22 heavy (non-hydrogen) atoms. The molecular weight excluding hydrogens is 278 g/mol. The topological polar surface area (TPSA) is 57.6 Å². The lowest BCUT2D eigenvalue weighted by Crippen LogP contribution is -2.48. The van der Waals surface area contributed by atoms with E-state index in [4.69, 9.17) is 5.11 Å². The second-order valence-electron chi connectivity index (χ2n) is 6.05. The van der Waals surface area contributed by atoms with Crippen molar-refractivity contribution in [2.24, 2.45) is 11.8 Å². The van der Waals surface area contributed by atoms with E-state index in [1.54, 1.807) is 25.1 Å². The Morgan fingerprint density at radius 2 is 1.86 bits per heavy atom. The van der Waals surface area contributed by atoms with Crippen molar-refractivity contribution in [3.8, 4) is 0 Å². The molecule has 0 bridgehead atoms. The van der Waals surface area contributed by atoms with E-state index in [-0.39, 0.29) is 11.9 Å². The Balaban J connectivity index is 0.000000847. The normalized spacial score (nSPS) is 23.2. The van der Waals surface area contributed by atoms with Crippen LogP contribution in [0.15, 0.2) is 18.2 Å². The second kappa shape index (κ2) is 6.51. The molecule has 1 fully saturated rings. The van der Waals surface area contributed by atoms with Gasteiger partial charge in [0, 0.05) is 18.7 Å². The Kier molecular flexibility index (Phi) is 4.89. The van der Waals surface area contributed by atoms with E-state index in [1.165, 1.54) is 12.8 Å². The lowest BCUT2D eigenvalue weighted by Gasteiger charge is -2.41. The van der Waals surface area contributed by atoms with Crippen LogP contribution < -0.4 is 4.90 Å². The molecule has 1 aromatic rings. The molecule has 1 aliphatic heterocycles. The zero-order valence-corrected chi connectivity index (χ0v) is 13.8. The maximum absolute atomic E-state index is 12.1. The van der Waals surface area contributed by atoms with Crippen LogP contribution in [0.1, 0.15) is 56.5 Å². The first kappa shape index (κ1) is 16.5. The van der Waals surface area contributed by atoms with Crippen molar-refractivity contribution in [1.82, 2.24) is 0 Å². The van der Waals surface area contributed by atoms with Gasteiger partial charge in [0.2, 0.25) is 5.91 Å². The van der Waals surface area contributed by atoms with Gasteiger partial charge in [0.25, 0.3) is 0 Å². The molecule has 0 radical (unpaired) electrons. The maximum Gasteiger partial charge on any atom is 0.335 e. The molecule has 0 aromatic heterocycles. The Morgan fingerprint density at radius 1 is 1.23 bits per heavy atom. The summed E-state index contributed by atoms with van der Waals surface area (Å²) < 4.78 is 0. The van der Waals surface area contributed by atoms with Crippen molar-refractivity contribution in [3.63, 3.8) is 0 Å². The molecule has 1 aliphatic carbocycles. The highest BCUT2D eigenvalue weighted by Gasteiger charge is 2.43. The molecule has 1 amide bonds. The van der Waals surface area contributed by atoms with Crippen LogP contribution in [0.4, 0.5) is 5.69 Å². The Labute approximate surface area is 132 Å². The summed E-state index contributed by atoms with van der Waals surface area (Å²) in [6.45, 7) is 7.76. The Morgan fingerprint density at radius 3 is 2.36 bits per heavy atom. The van der Waals surface area contributed by atoms with E-state index in [9.17, 15) is 9.59 Å². The third-order valence-electron chi connectivity index (χ3n) is 4.45. The van der Waals surface area contributed by atoms with Gasteiger partial charge in [-0.1, -0.05) is 20.8 Å². The molecule has 1 unspecified atom stereocenters. The molecule has 120 valence electrons. The summed E-state index contributed by atoms with van der Waals surface area (Å²) in [6, 6.07) is 5.38. The molecule has 1 aromatic carbocycles. The quantitative estimate of drug-likeness (QED) is 0.905. The van der Waals surface area contributed by atoms with Crippen molar-refractivity contribution in [1.29, 1.82) is 0 Å². The van der Waals surface area contributed by atoms with E-state index in [2.05, 4.69) is 6.92 Å². The lowest BCUT2D eigenvalue weighted by atomic mass is 9.83. The SMILES string of the molecule is CC.CC(=O)N1c2ccc(C(=O)O)cc2CC(C)[C@@H]1C1CC1. The van der Waals surface area contributed by atoms with Gasteiger partial charge in [-0.2, -0.15) is 0 Å². The zero-order chi connectivity index (χ0) is 16.4. The number of rotatable bonds is 2. The number of fused-ring (bicyclic) bond motifs is 1. The van der Waals surface area contributed by atoms with Gasteiger partial charge in [0.1, 0.15) is 0 Å². The summed E-state index contributed by atoms with van der Waals surface area (Å²) in [5.74, 6) is 0.126. The number of nitrogens with zero attached hydrogens (tertiary/aromatic N) is 1. The van der Waals surface area contributed by atoms with Crippen LogP contribution in [0.2, 0.25) is 0 Å². The highest BCUT2D eigenvalue weighted by Crippen LogP contribution is 2.45. The first-order valence-corrected chi connectivity index (χ1v) is 8.15. The number of carbonyl (C=O) groups is 2. The standard InChI is InChI=1S/C16H19NO3.C2H6/c1-9-7-13-8-12(16(19)20)5-6-14(13)17(10(2)18)15(9)11-3-4-11;1-2/h5-6,8-9,11,15H,3-4,7H2,1-2H3,(H,19,20);1-2H3/t9?,15-;/m1./s1. The number of carboxylic acid groups (broad SMARTS) is 1. The number of hydrogen-bond acceptors (Lipinski definition) is 2. The third kappa shape index (κ3) is 3.01. The highest BCUT2D eigenvalue weighted by atomic mass is 16.4. The molecule has 1 saturated carbocycles. The molecular formula is C18H25NO3. The molecule has 3 rings (SSSR count). The van der Waals surface area contributed by atoms with Crippen LogP contribution in [0.5, 0.6) is 0 Å². The van der Waals surface area contributed by atoms with Gasteiger partial charge in [-0.05, 0) is 54.9 Å². The van der Waals surface area contributed by atoms with Gasteiger partial charge in [-0.15, -0.1) is 0 Å². The Bertz CT molecular complexity index is 578. The fraction of sp³-hybridized carbons (Fsp3) is 0.556. The molecule has 0 spiro atoms. The molecule has 1 heterocycles. The number of aromatic carboxylic acids is 1. The number of hydrogen-bond donors (Lipinski definition) is 1. The summed E-state index contributed by atoms with van der Waals surface area (Å²) in [7, 11) is 0. The maximum atomic E-state index is 12.1. The number of carbonyl (C=O) groups excluding carboxylic acids is 1. The number of anilines is 1. The van der Waals surface area contributed by atoms with Crippen molar-refractivity contribution < 1.29 is 14.7 Å². The van der Waals surface area contributed by atoms with Crippen LogP contribution >= 0.6 is 0 Å². The largest absolute Gasteiger partial charge is 0.478 e. The fourth-order valence-corrected chi connectivity index (χ4v) is 3.49. The minimum atomic E-state index is -0.917. The second-order valence-corrected chi connectivity index (χ2v) is 6.05. The molecule has 2 aliphatic rings. The van der Waals surface area contributed by atoms with Crippen molar-refractivity contribution in [2.75, 3.05) is 4.90 Å². The van der Waals surface area contributed by atoms with Crippen LogP contribution in [0, 0.1) is 11.8 Å². The van der Waals surface area contributed by atoms with Crippen LogP contribution in [0.3, 0.4) is 0 Å². The van der Waals surface area contributed by atoms with Crippen LogP contribution in [-0.4, -0.2) is 23.0 Å². The minimum absolute atomic E-state index is 0.0535. The number of amides is 1. The minimum Gasteiger partial charge on any atom is -0.478 e. The molecule has 2 atom stereocenters. The smallest absolute Gasteiger partial charge is 0.335 e. The van der Waals surface area contributed by atoms with E-state index in [0.717, 1.165) is 17.7 Å². The van der Waals surface area contributed by atoms with Crippen molar-refractivity contribution in [2.45, 2.75) is 53.0 Å². The van der Waals surface area contributed by atoms with Gasteiger partial charge in [-0.25, -0.2) is 4.79 Å². The Hall–Kier alpha value is -1.84. The molecule has 4 heteroatoms. The van der Waals surface area contributed by atoms with Gasteiger partial charge >= 0.3 is 5.97 Å². The van der Waals surface area contributed by atoms with Crippen molar-refractivity contribution in [3.05, 3.63) is 29.3 Å². The summed E-state index contributed by atoms with van der Waals surface area (Å²) in [6.07, 6.45) is 3.24. The first-order valence-electron chi connectivity index (χ1n) is 8.15. The van der Waals surface area contributed by atoms with Crippen LogP contribution in [-0.2, 0) is 11.2 Å². The lowest BCUT2D eigenvalue weighted by molar-refractivity contribution is -0.117. The summed E-state index contributed by atoms with van der Waals surface area (Å²) in [5, 5.41) is 9.10. The van der Waals surface area contributed by atoms with Crippen LogP contribution in [0.25, 0.3) is 0 Å². The monoisotopic (exact) mass is 303 g/mol. The average molecular weight is 303 g/mol. The van der Waals surface area contributed by atoms with E-state index >= 15 is 0 Å². The van der Waals surface area contributed by atoms with E-state index < -0.39 is 5.97 Å². The number of benzene rings is 1. The van der Waals surface area contributed by atoms with Gasteiger partial charge < -0.3 is 10.0 Å². The van der Waals surface area contributed by atoms with Gasteiger partial charge in [0.15, 0.2) is 0 Å². The number of carboxylic acids is 1. The predicted octanol–water partition coefficient (Wildman–Crippen LogP) is 3.73. The zero-order valence-electron chi connectivity index (χ0n) is 13.8. The average Bonchev–Trinajstić information content (AvgIpc) is 3.31. The summed E-state index contributed by atoms with van der Waals surface area (Å²) in [4.78, 5) is 25.1. The van der Waals surface area contributed by atoms with Gasteiger partial charge in [0.05, 0.1) is 5.56 Å². The van der Waals surface area contributed by atoms with Crippen molar-refractivity contribution >= 4 is 17.6 Å². The summed E-state index contributed by atoms with van der Waals surface area (Å²) >= 11 is 0. The summed E-state index contributed by atoms with van der Waals surface area (Å²) in [5.41, 5.74) is 2.17. The van der Waals surface area contributed by atoms with E-state index in [1.807, 2.05) is 18.7 Å². The van der Waals surface area contributed by atoms with E-state index in [0.29, 0.717) is 17.4 Å². The predicted molar refractivity (Wildman–Crippen MR) is 87.3 cm³/mol.